The summed E-state index contributed by atoms with van der Waals surface area (Å²) in [6, 6.07) is 10.6. The van der Waals surface area contributed by atoms with E-state index in [1.165, 1.54) is 50.5 Å². The van der Waals surface area contributed by atoms with Crippen LogP contribution in [0, 0.1) is 5.92 Å². The van der Waals surface area contributed by atoms with Crippen molar-refractivity contribution in [3.8, 4) is 0 Å². The summed E-state index contributed by atoms with van der Waals surface area (Å²) in [5, 5.41) is 0. The van der Waals surface area contributed by atoms with Gasteiger partial charge in [0.25, 0.3) is 0 Å². The quantitative estimate of drug-likeness (QED) is 0.440. The molecule has 1 unspecified atom stereocenters. The molecule has 0 N–H and O–H groups in total. The van der Waals surface area contributed by atoms with Gasteiger partial charge in [-0.1, -0.05) is 125 Å². The highest BCUT2D eigenvalue weighted by Gasteiger charge is 1.98. The van der Waals surface area contributed by atoms with Gasteiger partial charge in [-0.25, -0.2) is 0 Å². The van der Waals surface area contributed by atoms with Crippen molar-refractivity contribution in [3.63, 3.8) is 0 Å². The first-order chi connectivity index (χ1) is 10.6. The van der Waals surface area contributed by atoms with Crippen molar-refractivity contribution < 1.29 is 0 Å². The van der Waals surface area contributed by atoms with E-state index in [1.807, 2.05) is 0 Å². The van der Waals surface area contributed by atoms with Crippen LogP contribution >= 0.6 is 0 Å². The molecule has 0 aliphatic carbocycles. The van der Waals surface area contributed by atoms with Crippen LogP contribution in [0.3, 0.4) is 0 Å². The Morgan fingerprint density at radius 2 is 1.13 bits per heavy atom. The number of hydrogen-bond donors (Lipinski definition) is 0. The summed E-state index contributed by atoms with van der Waals surface area (Å²) in [4.78, 5) is 0. The first kappa shape index (κ1) is 27.1. The molecule has 0 heteroatoms. The summed E-state index contributed by atoms with van der Waals surface area (Å²) >= 11 is 0. The Balaban J connectivity index is -0.000000271. The van der Waals surface area contributed by atoms with Crippen LogP contribution in [-0.4, -0.2) is 0 Å². The maximum absolute atomic E-state index is 2.28. The molecular weight excluding hydrogens is 276 g/mol. The summed E-state index contributed by atoms with van der Waals surface area (Å²) in [7, 11) is 0. The smallest absolute Gasteiger partial charge is 0.0193 e. The van der Waals surface area contributed by atoms with Gasteiger partial charge in [-0.3, -0.25) is 0 Å². The van der Waals surface area contributed by atoms with Crippen LogP contribution in [0.4, 0.5) is 0 Å². The number of unbranched alkanes of at least 4 members (excludes halogenated alkanes) is 3. The highest BCUT2D eigenvalue weighted by atomic mass is 14.0. The van der Waals surface area contributed by atoms with Crippen molar-refractivity contribution in [3.05, 3.63) is 35.9 Å². The monoisotopic (exact) mass is 322 g/mol. The van der Waals surface area contributed by atoms with E-state index < -0.39 is 0 Å². The van der Waals surface area contributed by atoms with Crippen molar-refractivity contribution in [1.82, 2.24) is 0 Å². The fourth-order valence-corrected chi connectivity index (χ4v) is 1.81. The van der Waals surface area contributed by atoms with E-state index in [4.69, 9.17) is 0 Å². The molecule has 0 heterocycles. The van der Waals surface area contributed by atoms with Gasteiger partial charge in [0.1, 0.15) is 0 Å². The molecule has 0 aromatic heterocycles. The first-order valence-electron chi connectivity index (χ1n) is 9.61. The molecule has 1 aromatic carbocycles. The van der Waals surface area contributed by atoms with Crippen molar-refractivity contribution in [2.24, 2.45) is 5.92 Å². The molecule has 1 aromatic rings. The molecule has 0 bridgehead atoms. The molecular formula is C23H46. The van der Waals surface area contributed by atoms with Crippen LogP contribution in [0.1, 0.15) is 112 Å². The Bertz CT molecular complexity index is 280. The minimum absolute atomic E-state index is 0. The second kappa shape index (κ2) is 21.2. The lowest BCUT2D eigenvalue weighted by Crippen LogP contribution is -1.88. The third-order valence-electron chi connectivity index (χ3n) is 4.33. The normalized spacial score (nSPS) is 10.6. The summed E-state index contributed by atoms with van der Waals surface area (Å²) in [6.45, 7) is 15.7. The van der Waals surface area contributed by atoms with E-state index >= 15 is 0 Å². The van der Waals surface area contributed by atoms with Crippen LogP contribution in [0.25, 0.3) is 0 Å². The molecule has 0 aliphatic rings. The molecule has 0 saturated heterocycles. The largest absolute Gasteiger partial charge is 0.0776 e. The summed E-state index contributed by atoms with van der Waals surface area (Å²) < 4.78 is 0. The topological polar surface area (TPSA) is 0 Å². The maximum atomic E-state index is 2.28. The highest BCUT2D eigenvalue weighted by Crippen LogP contribution is 2.16. The SMILES string of the molecule is C.CCC(C)CC.CCC(C)c1ccccc1.CCCCCC. The fourth-order valence-electron chi connectivity index (χ4n) is 1.81. The molecule has 138 valence electrons. The van der Waals surface area contributed by atoms with Crippen LogP contribution in [-0.2, 0) is 0 Å². The molecule has 1 atom stereocenters. The lowest BCUT2D eigenvalue weighted by Gasteiger charge is -2.06. The third kappa shape index (κ3) is 19.2. The van der Waals surface area contributed by atoms with Gasteiger partial charge in [-0.2, -0.15) is 0 Å². The molecule has 1 rings (SSSR count). The van der Waals surface area contributed by atoms with E-state index in [9.17, 15) is 0 Å². The summed E-state index contributed by atoms with van der Waals surface area (Å²) in [5.74, 6) is 1.64. The molecule has 0 spiro atoms. The Morgan fingerprint density at radius 1 is 0.696 bits per heavy atom. The molecule has 23 heavy (non-hydrogen) atoms. The van der Waals surface area contributed by atoms with E-state index in [2.05, 4.69) is 78.8 Å². The second-order valence-electron chi connectivity index (χ2n) is 6.35. The fraction of sp³-hybridized carbons (Fsp3) is 0.739. The van der Waals surface area contributed by atoms with Gasteiger partial charge in [0.2, 0.25) is 0 Å². The van der Waals surface area contributed by atoms with Gasteiger partial charge in [0.15, 0.2) is 0 Å². The third-order valence-corrected chi connectivity index (χ3v) is 4.33. The maximum Gasteiger partial charge on any atom is -0.0193 e. The Labute approximate surface area is 149 Å². The van der Waals surface area contributed by atoms with E-state index in [0.29, 0.717) is 5.92 Å². The summed E-state index contributed by atoms with van der Waals surface area (Å²) in [6.07, 6.45) is 9.42. The van der Waals surface area contributed by atoms with Crippen molar-refractivity contribution >= 4 is 0 Å². The zero-order valence-corrected chi connectivity index (χ0v) is 16.5. The Kier molecular flexibility index (Phi) is 25.0. The minimum Gasteiger partial charge on any atom is -0.0776 e. The molecule has 0 radical (unpaired) electrons. The molecule has 0 nitrogen and oxygen atoms in total. The van der Waals surface area contributed by atoms with Gasteiger partial charge in [-0.15, -0.1) is 0 Å². The standard InChI is InChI=1S/C10H14.2C6H14.CH4/c1-3-9(2)10-7-5-4-6-8-10;1-4-6(3)5-2;1-3-5-6-4-2;/h4-9H,3H2,1-2H3;6H,4-5H2,1-3H3;3-6H2,1-2H3;1H4. The van der Waals surface area contributed by atoms with Crippen molar-refractivity contribution in [2.45, 2.75) is 107 Å². The van der Waals surface area contributed by atoms with Crippen LogP contribution in [0.5, 0.6) is 0 Å². The van der Waals surface area contributed by atoms with Gasteiger partial charge in [0.05, 0.1) is 0 Å². The lowest BCUT2D eigenvalue weighted by molar-refractivity contribution is 0.544. The van der Waals surface area contributed by atoms with Gasteiger partial charge >= 0.3 is 0 Å². The second-order valence-corrected chi connectivity index (χ2v) is 6.35. The molecule has 0 saturated carbocycles. The molecule has 0 amide bonds. The number of hydrogen-bond acceptors (Lipinski definition) is 0. The Hall–Kier alpha value is -0.780. The predicted octanol–water partition coefficient (Wildman–Crippen LogP) is 8.87. The van der Waals surface area contributed by atoms with Gasteiger partial charge < -0.3 is 0 Å². The van der Waals surface area contributed by atoms with E-state index in [1.54, 1.807) is 0 Å². The van der Waals surface area contributed by atoms with Crippen LogP contribution < -0.4 is 0 Å². The minimum atomic E-state index is 0. The van der Waals surface area contributed by atoms with Gasteiger partial charge in [-0.05, 0) is 23.8 Å². The average Bonchev–Trinajstić information content (AvgIpc) is 2.60. The van der Waals surface area contributed by atoms with Crippen LogP contribution in [0.15, 0.2) is 30.3 Å². The summed E-state index contributed by atoms with van der Waals surface area (Å²) in [5.41, 5.74) is 1.45. The zero-order valence-electron chi connectivity index (χ0n) is 16.5. The Morgan fingerprint density at radius 3 is 1.39 bits per heavy atom. The lowest BCUT2D eigenvalue weighted by atomic mass is 9.99. The molecule has 0 aliphatic heterocycles. The number of benzene rings is 1. The van der Waals surface area contributed by atoms with Crippen molar-refractivity contribution in [1.29, 1.82) is 0 Å². The van der Waals surface area contributed by atoms with E-state index in [-0.39, 0.29) is 7.43 Å². The number of rotatable bonds is 7. The first-order valence-corrected chi connectivity index (χ1v) is 9.61. The van der Waals surface area contributed by atoms with Crippen LogP contribution in [0.2, 0.25) is 0 Å². The zero-order chi connectivity index (χ0) is 17.2. The van der Waals surface area contributed by atoms with E-state index in [0.717, 1.165) is 5.92 Å². The average molecular weight is 323 g/mol. The molecule has 0 fully saturated rings. The predicted molar refractivity (Wildman–Crippen MR) is 111 cm³/mol. The van der Waals surface area contributed by atoms with Gasteiger partial charge in [0, 0.05) is 0 Å². The van der Waals surface area contributed by atoms with Crippen molar-refractivity contribution in [2.75, 3.05) is 0 Å². The highest BCUT2D eigenvalue weighted by molar-refractivity contribution is 5.18.